The zero-order valence-corrected chi connectivity index (χ0v) is 19.0. The number of nitrogens with one attached hydrogen (secondary N) is 1. The minimum atomic E-state index is -0.426. The number of hydrogen-bond donors (Lipinski definition) is 1. The number of furan rings is 1. The van der Waals surface area contributed by atoms with Crippen molar-refractivity contribution in [3.05, 3.63) is 77.8 Å². The fraction of sp³-hybridized carbons (Fsp3) is 0.250. The summed E-state index contributed by atoms with van der Waals surface area (Å²) < 4.78 is 16.2. The van der Waals surface area contributed by atoms with Crippen molar-refractivity contribution in [1.82, 2.24) is 15.2 Å². The number of nitrogens with zero attached hydrogens (tertiary/aromatic N) is 2. The fourth-order valence-corrected chi connectivity index (χ4v) is 4.12. The van der Waals surface area contributed by atoms with Crippen LogP contribution in [-0.2, 0) is 14.3 Å². The molecule has 9 heteroatoms. The lowest BCUT2D eigenvalue weighted by Gasteiger charge is -2.25. The van der Waals surface area contributed by atoms with Crippen molar-refractivity contribution < 1.29 is 23.5 Å². The first-order chi connectivity index (χ1) is 16.0. The van der Waals surface area contributed by atoms with Gasteiger partial charge in [0.15, 0.2) is 5.11 Å². The summed E-state index contributed by atoms with van der Waals surface area (Å²) in [5.41, 5.74) is 1.91. The van der Waals surface area contributed by atoms with Crippen molar-refractivity contribution in [3.63, 3.8) is 0 Å². The number of carbonyl (C=O) groups is 2. The molecular formula is C24H23N3O5S. The maximum absolute atomic E-state index is 12.3. The molecule has 0 amide bonds. The van der Waals surface area contributed by atoms with Crippen LogP contribution in [0.4, 0.5) is 0 Å². The van der Waals surface area contributed by atoms with Gasteiger partial charge in [0.2, 0.25) is 0 Å². The molecule has 1 saturated heterocycles. The third kappa shape index (κ3) is 4.73. The average molecular weight is 466 g/mol. The summed E-state index contributed by atoms with van der Waals surface area (Å²) in [5.74, 6) is 0.362. The highest BCUT2D eigenvalue weighted by Gasteiger charge is 2.42. The van der Waals surface area contributed by atoms with Gasteiger partial charge in [-0.05, 0) is 55.5 Å². The summed E-state index contributed by atoms with van der Waals surface area (Å²) in [6, 6.07) is 15.5. The number of methoxy groups -OCH3 is 1. The first-order valence-electron chi connectivity index (χ1n) is 10.4. The maximum atomic E-state index is 12.3. The SMILES string of the molecule is CCOC(=O)CN1C(=S)N[C@@H](c2ccccn2)[C@H]1c1ccc(-c2cccc(C(=O)OC)c2)o1. The van der Waals surface area contributed by atoms with E-state index in [1.165, 1.54) is 7.11 Å². The Labute approximate surface area is 196 Å². The second-order valence-corrected chi connectivity index (χ2v) is 7.72. The molecule has 0 unspecified atom stereocenters. The number of hydrogen-bond acceptors (Lipinski definition) is 7. The van der Waals surface area contributed by atoms with Gasteiger partial charge in [0.05, 0.1) is 31.0 Å². The van der Waals surface area contributed by atoms with Gasteiger partial charge in [-0.3, -0.25) is 9.78 Å². The summed E-state index contributed by atoms with van der Waals surface area (Å²) in [4.78, 5) is 30.4. The van der Waals surface area contributed by atoms with Gasteiger partial charge >= 0.3 is 11.9 Å². The molecule has 1 aliphatic heterocycles. The van der Waals surface area contributed by atoms with Crippen LogP contribution >= 0.6 is 12.2 Å². The number of esters is 2. The minimum absolute atomic E-state index is 0.0263. The van der Waals surface area contributed by atoms with Crippen molar-refractivity contribution >= 4 is 29.3 Å². The smallest absolute Gasteiger partial charge is 0.337 e. The number of aromatic nitrogens is 1. The number of carbonyl (C=O) groups excluding carboxylic acids is 2. The van der Waals surface area contributed by atoms with Crippen LogP contribution in [0.15, 0.2) is 65.2 Å². The highest BCUT2D eigenvalue weighted by Crippen LogP contribution is 2.40. The summed E-state index contributed by atoms with van der Waals surface area (Å²) in [6.45, 7) is 2.01. The van der Waals surface area contributed by atoms with E-state index >= 15 is 0 Å². The van der Waals surface area contributed by atoms with E-state index in [9.17, 15) is 9.59 Å². The van der Waals surface area contributed by atoms with Gasteiger partial charge in [-0.1, -0.05) is 18.2 Å². The van der Waals surface area contributed by atoms with Gasteiger partial charge in [0.25, 0.3) is 0 Å². The molecule has 3 aromatic rings. The predicted octanol–water partition coefficient (Wildman–Crippen LogP) is 3.66. The molecule has 33 heavy (non-hydrogen) atoms. The highest BCUT2D eigenvalue weighted by molar-refractivity contribution is 7.80. The Morgan fingerprint density at radius 1 is 1.18 bits per heavy atom. The molecule has 8 nitrogen and oxygen atoms in total. The van der Waals surface area contributed by atoms with Gasteiger partial charge in [0.1, 0.15) is 24.1 Å². The largest absolute Gasteiger partial charge is 0.465 e. The topological polar surface area (TPSA) is 93.9 Å². The Kier molecular flexibility index (Phi) is 6.69. The van der Waals surface area contributed by atoms with Crippen molar-refractivity contribution in [2.24, 2.45) is 0 Å². The van der Waals surface area contributed by atoms with E-state index < -0.39 is 12.0 Å². The lowest BCUT2D eigenvalue weighted by Crippen LogP contribution is -2.35. The zero-order valence-electron chi connectivity index (χ0n) is 18.2. The molecule has 4 rings (SSSR count). The van der Waals surface area contributed by atoms with Crippen LogP contribution in [0.25, 0.3) is 11.3 Å². The van der Waals surface area contributed by atoms with E-state index in [0.717, 1.165) is 11.3 Å². The molecule has 2 atom stereocenters. The van der Waals surface area contributed by atoms with E-state index in [1.807, 2.05) is 36.4 Å². The van der Waals surface area contributed by atoms with Crippen molar-refractivity contribution in [2.45, 2.75) is 19.0 Å². The molecule has 0 saturated carbocycles. The fourth-order valence-electron chi connectivity index (χ4n) is 3.81. The molecule has 170 valence electrons. The molecule has 1 fully saturated rings. The first-order valence-corrected chi connectivity index (χ1v) is 10.8. The van der Waals surface area contributed by atoms with Crippen LogP contribution in [0.1, 0.15) is 40.8 Å². The van der Waals surface area contributed by atoms with E-state index in [0.29, 0.717) is 22.2 Å². The van der Waals surface area contributed by atoms with E-state index in [2.05, 4.69) is 10.3 Å². The van der Waals surface area contributed by atoms with E-state index in [-0.39, 0.29) is 25.2 Å². The molecule has 1 N–H and O–H groups in total. The number of rotatable bonds is 7. The van der Waals surface area contributed by atoms with Crippen LogP contribution in [0.3, 0.4) is 0 Å². The lowest BCUT2D eigenvalue weighted by atomic mass is 10.0. The lowest BCUT2D eigenvalue weighted by molar-refractivity contribution is -0.143. The minimum Gasteiger partial charge on any atom is -0.465 e. The van der Waals surface area contributed by atoms with Gasteiger partial charge in [-0.25, -0.2) is 4.79 Å². The Balaban J connectivity index is 1.70. The Bertz CT molecular complexity index is 1160. The van der Waals surface area contributed by atoms with E-state index in [4.69, 9.17) is 26.1 Å². The molecule has 0 bridgehead atoms. The van der Waals surface area contributed by atoms with Crippen molar-refractivity contribution in [1.29, 1.82) is 0 Å². The third-order valence-electron chi connectivity index (χ3n) is 5.29. The summed E-state index contributed by atoms with van der Waals surface area (Å²) in [7, 11) is 1.34. The number of pyridine rings is 1. The maximum Gasteiger partial charge on any atom is 0.337 e. The Morgan fingerprint density at radius 3 is 2.76 bits per heavy atom. The van der Waals surface area contributed by atoms with E-state index in [1.54, 1.807) is 36.2 Å². The van der Waals surface area contributed by atoms with Crippen LogP contribution in [-0.4, -0.2) is 47.2 Å². The second kappa shape index (κ2) is 9.83. The van der Waals surface area contributed by atoms with Crippen molar-refractivity contribution in [2.75, 3.05) is 20.3 Å². The Morgan fingerprint density at radius 2 is 2.03 bits per heavy atom. The predicted molar refractivity (Wildman–Crippen MR) is 124 cm³/mol. The summed E-state index contributed by atoms with van der Waals surface area (Å²) >= 11 is 5.54. The summed E-state index contributed by atoms with van der Waals surface area (Å²) in [5, 5.41) is 3.67. The zero-order chi connectivity index (χ0) is 23.4. The Hall–Kier alpha value is -3.72. The average Bonchev–Trinajstić information content (AvgIpc) is 3.44. The number of thiocarbonyl (C=S) groups is 1. The number of ether oxygens (including phenoxy) is 2. The van der Waals surface area contributed by atoms with Gasteiger partial charge in [0, 0.05) is 11.8 Å². The summed E-state index contributed by atoms with van der Waals surface area (Å²) in [6.07, 6.45) is 1.71. The molecule has 3 heterocycles. The third-order valence-corrected chi connectivity index (χ3v) is 5.64. The quantitative estimate of drug-likeness (QED) is 0.414. The van der Waals surface area contributed by atoms with Gasteiger partial charge < -0.3 is 24.1 Å². The molecule has 2 aromatic heterocycles. The first kappa shape index (κ1) is 22.5. The molecular weight excluding hydrogens is 442 g/mol. The molecule has 0 radical (unpaired) electrons. The molecule has 1 aromatic carbocycles. The van der Waals surface area contributed by atoms with Crippen LogP contribution in [0.5, 0.6) is 0 Å². The van der Waals surface area contributed by atoms with Crippen LogP contribution < -0.4 is 5.32 Å². The number of benzene rings is 1. The normalized spacial score (nSPS) is 17.5. The molecule has 0 aliphatic carbocycles. The second-order valence-electron chi connectivity index (χ2n) is 7.33. The van der Waals surface area contributed by atoms with Crippen LogP contribution in [0, 0.1) is 0 Å². The van der Waals surface area contributed by atoms with Crippen LogP contribution in [0.2, 0.25) is 0 Å². The monoisotopic (exact) mass is 465 g/mol. The van der Waals surface area contributed by atoms with Gasteiger partial charge in [-0.15, -0.1) is 0 Å². The van der Waals surface area contributed by atoms with Gasteiger partial charge in [-0.2, -0.15) is 0 Å². The van der Waals surface area contributed by atoms with Crippen molar-refractivity contribution in [3.8, 4) is 11.3 Å². The molecule has 1 aliphatic rings. The standard InChI is InChI=1S/C24H23N3O5S/c1-3-31-20(28)14-27-22(21(26-24(27)33)17-9-4-5-12-25-17)19-11-10-18(32-19)15-7-6-8-16(13-15)23(29)30-2/h4-13,21-22H,3,14H2,1-2H3,(H,26,33)/t21-,22+/m0/s1. The molecule has 0 spiro atoms. The highest BCUT2D eigenvalue weighted by atomic mass is 32.1.